The minimum Gasteiger partial charge on any atom is -0.351 e. The molecule has 0 radical (unpaired) electrons. The summed E-state index contributed by atoms with van der Waals surface area (Å²) in [5, 5.41) is 2.91. The first kappa shape index (κ1) is 11.4. The first-order valence-corrected chi connectivity index (χ1v) is 6.63. The van der Waals surface area contributed by atoms with Crippen molar-refractivity contribution in [3.8, 4) is 0 Å². The van der Waals surface area contributed by atoms with Crippen molar-refractivity contribution >= 4 is 17.2 Å². The molecule has 2 rings (SSSR count). The van der Waals surface area contributed by atoms with E-state index < -0.39 is 0 Å². The number of fused-ring (bicyclic) bond motifs is 1. The monoisotopic (exact) mass is 235 g/mol. The van der Waals surface area contributed by atoms with Gasteiger partial charge in [0.25, 0.3) is 5.91 Å². The van der Waals surface area contributed by atoms with Gasteiger partial charge in [-0.1, -0.05) is 6.08 Å². The third-order valence-electron chi connectivity index (χ3n) is 2.85. The third kappa shape index (κ3) is 2.53. The number of nitrogens with one attached hydrogen (secondary N) is 1. The van der Waals surface area contributed by atoms with Gasteiger partial charge in [-0.15, -0.1) is 17.9 Å². The van der Waals surface area contributed by atoms with Gasteiger partial charge in [-0.2, -0.15) is 0 Å². The van der Waals surface area contributed by atoms with Crippen molar-refractivity contribution in [3.05, 3.63) is 34.0 Å². The second-order valence-corrected chi connectivity index (χ2v) is 5.24. The lowest BCUT2D eigenvalue weighted by atomic mass is 9.99. The maximum absolute atomic E-state index is 11.8. The zero-order chi connectivity index (χ0) is 11.4. The molecule has 0 aliphatic heterocycles. The maximum atomic E-state index is 11.8. The van der Waals surface area contributed by atoms with Crippen LogP contribution >= 0.6 is 11.3 Å². The summed E-state index contributed by atoms with van der Waals surface area (Å²) in [6, 6.07) is 2.07. The molecule has 86 valence electrons. The van der Waals surface area contributed by atoms with Crippen molar-refractivity contribution in [1.29, 1.82) is 0 Å². The molecule has 16 heavy (non-hydrogen) atoms. The molecule has 0 aromatic carbocycles. The summed E-state index contributed by atoms with van der Waals surface area (Å²) in [4.78, 5) is 14.1. The Balaban J connectivity index is 2.00. The van der Waals surface area contributed by atoms with Crippen LogP contribution in [0.3, 0.4) is 0 Å². The Labute approximate surface area is 100 Å². The molecule has 0 bridgehead atoms. The highest BCUT2D eigenvalue weighted by atomic mass is 32.1. The fraction of sp³-hybridized carbons (Fsp3) is 0.462. The fourth-order valence-corrected chi connectivity index (χ4v) is 3.15. The quantitative estimate of drug-likeness (QED) is 0.631. The Hall–Kier alpha value is -1.09. The van der Waals surface area contributed by atoms with Gasteiger partial charge in [-0.05, 0) is 43.7 Å². The number of amides is 1. The zero-order valence-electron chi connectivity index (χ0n) is 9.42. The second-order valence-electron chi connectivity index (χ2n) is 4.10. The topological polar surface area (TPSA) is 29.1 Å². The summed E-state index contributed by atoms with van der Waals surface area (Å²) >= 11 is 1.66. The SMILES string of the molecule is C=CCCNC(=O)c1cc2c(s1)CCCC2. The van der Waals surface area contributed by atoms with Gasteiger partial charge < -0.3 is 5.32 Å². The van der Waals surface area contributed by atoms with Crippen molar-refractivity contribution in [3.63, 3.8) is 0 Å². The van der Waals surface area contributed by atoms with Gasteiger partial charge in [0, 0.05) is 11.4 Å². The van der Waals surface area contributed by atoms with Gasteiger partial charge in [0.15, 0.2) is 0 Å². The van der Waals surface area contributed by atoms with E-state index in [0.717, 1.165) is 24.1 Å². The minimum atomic E-state index is 0.0706. The molecule has 0 saturated heterocycles. The number of rotatable bonds is 4. The number of thiophene rings is 1. The van der Waals surface area contributed by atoms with Gasteiger partial charge >= 0.3 is 0 Å². The van der Waals surface area contributed by atoms with E-state index in [9.17, 15) is 4.79 Å². The van der Waals surface area contributed by atoms with Crippen molar-refractivity contribution in [1.82, 2.24) is 5.32 Å². The highest BCUT2D eigenvalue weighted by molar-refractivity contribution is 7.14. The normalized spacial score (nSPS) is 14.2. The number of carbonyl (C=O) groups excluding carboxylic acids is 1. The lowest BCUT2D eigenvalue weighted by Crippen LogP contribution is -2.23. The van der Waals surface area contributed by atoms with Crippen LogP contribution < -0.4 is 5.32 Å². The van der Waals surface area contributed by atoms with Crippen LogP contribution in [0.25, 0.3) is 0 Å². The predicted octanol–water partition coefficient (Wildman–Crippen LogP) is 2.93. The van der Waals surface area contributed by atoms with E-state index in [1.807, 2.05) is 6.08 Å². The molecule has 1 heterocycles. The van der Waals surface area contributed by atoms with Crippen molar-refractivity contribution in [2.75, 3.05) is 6.54 Å². The van der Waals surface area contributed by atoms with Crippen LogP contribution in [0.15, 0.2) is 18.7 Å². The van der Waals surface area contributed by atoms with Crippen molar-refractivity contribution < 1.29 is 4.79 Å². The number of hydrogen-bond donors (Lipinski definition) is 1. The van der Waals surface area contributed by atoms with Gasteiger partial charge in [-0.3, -0.25) is 4.79 Å². The minimum absolute atomic E-state index is 0.0706. The van der Waals surface area contributed by atoms with Crippen LogP contribution in [0.2, 0.25) is 0 Å². The molecular weight excluding hydrogens is 218 g/mol. The Morgan fingerprint density at radius 3 is 3.06 bits per heavy atom. The van der Waals surface area contributed by atoms with E-state index in [2.05, 4.69) is 18.0 Å². The summed E-state index contributed by atoms with van der Waals surface area (Å²) in [6.45, 7) is 4.32. The Morgan fingerprint density at radius 1 is 1.50 bits per heavy atom. The van der Waals surface area contributed by atoms with Gasteiger partial charge in [-0.25, -0.2) is 0 Å². The van der Waals surface area contributed by atoms with Crippen LogP contribution in [-0.2, 0) is 12.8 Å². The molecule has 1 N–H and O–H groups in total. The van der Waals surface area contributed by atoms with Crippen LogP contribution in [0, 0.1) is 0 Å². The van der Waals surface area contributed by atoms with E-state index >= 15 is 0 Å². The zero-order valence-corrected chi connectivity index (χ0v) is 10.2. The molecule has 2 nitrogen and oxygen atoms in total. The molecule has 3 heteroatoms. The summed E-state index contributed by atoms with van der Waals surface area (Å²) in [5.74, 6) is 0.0706. The predicted molar refractivity (Wildman–Crippen MR) is 68.1 cm³/mol. The molecule has 0 saturated carbocycles. The molecule has 1 aliphatic carbocycles. The van der Waals surface area contributed by atoms with E-state index in [-0.39, 0.29) is 5.91 Å². The lowest BCUT2D eigenvalue weighted by molar-refractivity contribution is 0.0958. The van der Waals surface area contributed by atoms with Crippen LogP contribution in [0.5, 0.6) is 0 Å². The average molecular weight is 235 g/mol. The molecular formula is C13H17NOS. The first-order chi connectivity index (χ1) is 7.81. The highest BCUT2D eigenvalue weighted by Crippen LogP contribution is 2.29. The van der Waals surface area contributed by atoms with Crippen molar-refractivity contribution in [2.45, 2.75) is 32.1 Å². The molecule has 1 amide bonds. The summed E-state index contributed by atoms with van der Waals surface area (Å²) in [5.41, 5.74) is 1.39. The molecule has 0 spiro atoms. The van der Waals surface area contributed by atoms with Crippen LogP contribution in [0.4, 0.5) is 0 Å². The smallest absolute Gasteiger partial charge is 0.261 e. The average Bonchev–Trinajstić information content (AvgIpc) is 2.73. The fourth-order valence-electron chi connectivity index (χ4n) is 1.98. The third-order valence-corrected chi connectivity index (χ3v) is 4.09. The van der Waals surface area contributed by atoms with Crippen LogP contribution in [-0.4, -0.2) is 12.5 Å². The second kappa shape index (κ2) is 5.30. The molecule has 0 unspecified atom stereocenters. The van der Waals surface area contributed by atoms with Crippen molar-refractivity contribution in [2.24, 2.45) is 0 Å². The van der Waals surface area contributed by atoms with Crippen LogP contribution in [0.1, 0.15) is 39.4 Å². The molecule has 0 fully saturated rings. The van der Waals surface area contributed by atoms with E-state index in [1.165, 1.54) is 23.3 Å². The van der Waals surface area contributed by atoms with E-state index in [0.29, 0.717) is 6.54 Å². The maximum Gasteiger partial charge on any atom is 0.261 e. The standard InChI is InChI=1S/C13H17NOS/c1-2-3-8-14-13(15)12-9-10-6-4-5-7-11(10)16-12/h2,9H,1,3-8H2,(H,14,15). The van der Waals surface area contributed by atoms with Gasteiger partial charge in [0.2, 0.25) is 0 Å². The Morgan fingerprint density at radius 2 is 2.31 bits per heavy atom. The van der Waals surface area contributed by atoms with E-state index in [4.69, 9.17) is 0 Å². The number of aryl methyl sites for hydroxylation is 2. The van der Waals surface area contributed by atoms with Gasteiger partial charge in [0.1, 0.15) is 0 Å². The Bertz CT molecular complexity index is 371. The summed E-state index contributed by atoms with van der Waals surface area (Å²) in [7, 11) is 0. The summed E-state index contributed by atoms with van der Waals surface area (Å²) < 4.78 is 0. The number of hydrogen-bond acceptors (Lipinski definition) is 2. The number of carbonyl (C=O) groups is 1. The lowest BCUT2D eigenvalue weighted by Gasteiger charge is -2.08. The van der Waals surface area contributed by atoms with Gasteiger partial charge in [0.05, 0.1) is 4.88 Å². The largest absolute Gasteiger partial charge is 0.351 e. The molecule has 1 aromatic rings. The molecule has 1 aromatic heterocycles. The Kier molecular flexibility index (Phi) is 3.78. The molecule has 0 atom stereocenters. The first-order valence-electron chi connectivity index (χ1n) is 5.82. The molecule has 1 aliphatic rings. The highest BCUT2D eigenvalue weighted by Gasteiger charge is 2.16. The summed E-state index contributed by atoms with van der Waals surface area (Å²) in [6.07, 6.45) is 7.48. The van der Waals surface area contributed by atoms with E-state index in [1.54, 1.807) is 11.3 Å².